The predicted molar refractivity (Wildman–Crippen MR) is 161 cm³/mol. The summed E-state index contributed by atoms with van der Waals surface area (Å²) in [6.07, 6.45) is 12.3. The predicted octanol–water partition coefficient (Wildman–Crippen LogP) is 8.62. The molecule has 0 aromatic carbocycles. The second-order valence-corrected chi connectivity index (χ2v) is 16.8. The summed E-state index contributed by atoms with van der Waals surface area (Å²) >= 11 is 0. The van der Waals surface area contributed by atoms with Crippen LogP contribution in [0.5, 0.6) is 0 Å². The van der Waals surface area contributed by atoms with E-state index in [4.69, 9.17) is 0 Å². The second kappa shape index (κ2) is 9.45. The zero-order chi connectivity index (χ0) is 28.8. The molecule has 11 unspecified atom stereocenters. The van der Waals surface area contributed by atoms with Gasteiger partial charge in [-0.15, -0.1) is 0 Å². The first kappa shape index (κ1) is 29.4. The van der Waals surface area contributed by atoms with Crippen LogP contribution in [0.4, 0.5) is 0 Å². The Morgan fingerprint density at radius 3 is 2.18 bits per heavy atom. The third-order valence-corrected chi connectivity index (χ3v) is 15.3. The minimum absolute atomic E-state index is 0.122. The number of rotatable bonds is 5. The molecule has 0 heterocycles. The standard InChI is InChI=1S/C36H59NO2/c1-22(2)26-14-18-36(31(39)37-21-23(3)25(5)38)20-19-34(9)27(30(26)36)11-12-29-33(8)16-13-24(4)32(6,7)28(33)15-17-35(29,34)10/h23-24,26-30H,1,11-21H2,2-10H3,(H,37,39). The molecule has 0 aliphatic heterocycles. The first-order chi connectivity index (χ1) is 18.1. The molecule has 39 heavy (non-hydrogen) atoms. The van der Waals surface area contributed by atoms with Crippen molar-refractivity contribution in [1.82, 2.24) is 5.32 Å². The van der Waals surface area contributed by atoms with Crippen LogP contribution in [0.25, 0.3) is 0 Å². The number of amides is 1. The van der Waals surface area contributed by atoms with Crippen molar-refractivity contribution in [2.45, 2.75) is 127 Å². The summed E-state index contributed by atoms with van der Waals surface area (Å²) in [5.74, 6) is 4.06. The molecule has 3 heteroatoms. The van der Waals surface area contributed by atoms with Gasteiger partial charge in [0.2, 0.25) is 5.91 Å². The fourth-order valence-corrected chi connectivity index (χ4v) is 12.3. The Balaban J connectivity index is 1.50. The van der Waals surface area contributed by atoms with E-state index < -0.39 is 0 Å². The Bertz CT molecular complexity index is 1030. The molecule has 0 aromatic rings. The van der Waals surface area contributed by atoms with Crippen LogP contribution in [0.15, 0.2) is 12.2 Å². The first-order valence-corrected chi connectivity index (χ1v) is 16.5. The number of Topliss-reactive ketones (excluding diaryl/α,β-unsaturated/α-hetero) is 1. The number of ketones is 1. The smallest absolute Gasteiger partial charge is 0.226 e. The number of carbonyl (C=O) groups is 2. The summed E-state index contributed by atoms with van der Waals surface area (Å²) in [7, 11) is 0. The average molecular weight is 538 g/mol. The second-order valence-electron chi connectivity index (χ2n) is 16.8. The van der Waals surface area contributed by atoms with Crippen LogP contribution in [0.1, 0.15) is 127 Å². The fourth-order valence-electron chi connectivity index (χ4n) is 12.3. The zero-order valence-corrected chi connectivity index (χ0v) is 26.8. The summed E-state index contributed by atoms with van der Waals surface area (Å²) in [5, 5.41) is 3.30. The molecule has 220 valence electrons. The van der Waals surface area contributed by atoms with E-state index in [-0.39, 0.29) is 28.4 Å². The molecular formula is C36H59NO2. The number of fused-ring (bicyclic) bond motifs is 7. The lowest BCUT2D eigenvalue weighted by Crippen LogP contribution is -2.67. The molecule has 1 N–H and O–H groups in total. The summed E-state index contributed by atoms with van der Waals surface area (Å²) in [6.45, 7) is 26.5. The maximum Gasteiger partial charge on any atom is 0.226 e. The third-order valence-electron chi connectivity index (χ3n) is 15.3. The van der Waals surface area contributed by atoms with Crippen LogP contribution in [-0.2, 0) is 9.59 Å². The van der Waals surface area contributed by atoms with Gasteiger partial charge < -0.3 is 5.32 Å². The van der Waals surface area contributed by atoms with Crippen molar-refractivity contribution < 1.29 is 9.59 Å². The van der Waals surface area contributed by atoms with Crippen molar-refractivity contribution >= 4 is 11.7 Å². The molecule has 0 saturated heterocycles. The number of hydrogen-bond acceptors (Lipinski definition) is 2. The number of carbonyl (C=O) groups excluding carboxylic acids is 2. The first-order valence-electron chi connectivity index (χ1n) is 16.5. The van der Waals surface area contributed by atoms with Gasteiger partial charge in [-0.1, -0.05) is 60.6 Å². The molecule has 1 amide bonds. The van der Waals surface area contributed by atoms with Gasteiger partial charge in [-0.25, -0.2) is 0 Å². The van der Waals surface area contributed by atoms with Gasteiger partial charge in [0.25, 0.3) is 0 Å². The summed E-state index contributed by atoms with van der Waals surface area (Å²) in [4.78, 5) is 26.0. The van der Waals surface area contributed by atoms with E-state index in [0.29, 0.717) is 40.5 Å². The van der Waals surface area contributed by atoms with E-state index in [1.807, 2.05) is 6.92 Å². The Kier molecular flexibility index (Phi) is 7.12. The van der Waals surface area contributed by atoms with Gasteiger partial charge in [-0.2, -0.15) is 0 Å². The van der Waals surface area contributed by atoms with Gasteiger partial charge in [-0.3, -0.25) is 9.59 Å². The van der Waals surface area contributed by atoms with Crippen molar-refractivity contribution in [2.75, 3.05) is 6.54 Å². The summed E-state index contributed by atoms with van der Waals surface area (Å²) in [6, 6.07) is 0. The molecule has 5 aliphatic carbocycles. The minimum Gasteiger partial charge on any atom is -0.355 e. The topological polar surface area (TPSA) is 46.2 Å². The highest BCUT2D eigenvalue weighted by atomic mass is 16.2. The Labute approximate surface area is 240 Å². The largest absolute Gasteiger partial charge is 0.355 e. The van der Waals surface area contributed by atoms with E-state index in [0.717, 1.165) is 37.0 Å². The Morgan fingerprint density at radius 1 is 0.846 bits per heavy atom. The number of hydrogen-bond donors (Lipinski definition) is 1. The lowest BCUT2D eigenvalue weighted by atomic mass is 9.32. The van der Waals surface area contributed by atoms with E-state index in [9.17, 15) is 9.59 Å². The van der Waals surface area contributed by atoms with Crippen LogP contribution in [0.2, 0.25) is 0 Å². The number of allylic oxidation sites excluding steroid dienone is 1. The van der Waals surface area contributed by atoms with Gasteiger partial charge in [-0.05, 0) is 135 Å². The monoisotopic (exact) mass is 537 g/mol. The highest BCUT2D eigenvalue weighted by molar-refractivity contribution is 5.85. The quantitative estimate of drug-likeness (QED) is 0.357. The van der Waals surface area contributed by atoms with Crippen molar-refractivity contribution in [3.63, 3.8) is 0 Å². The van der Waals surface area contributed by atoms with Gasteiger partial charge in [0.15, 0.2) is 0 Å². The van der Waals surface area contributed by atoms with Gasteiger partial charge in [0, 0.05) is 12.5 Å². The molecule has 11 atom stereocenters. The normalized spacial score (nSPS) is 49.1. The van der Waals surface area contributed by atoms with Crippen molar-refractivity contribution in [2.24, 2.45) is 68.5 Å². The fraction of sp³-hybridized carbons (Fsp3) is 0.889. The van der Waals surface area contributed by atoms with Crippen molar-refractivity contribution in [3.8, 4) is 0 Å². The van der Waals surface area contributed by atoms with Gasteiger partial charge in [0.05, 0.1) is 5.41 Å². The summed E-state index contributed by atoms with van der Waals surface area (Å²) in [5.41, 5.74) is 2.41. The Morgan fingerprint density at radius 2 is 1.54 bits per heavy atom. The molecule has 0 bridgehead atoms. The van der Waals surface area contributed by atoms with Crippen LogP contribution in [0, 0.1) is 68.5 Å². The Hall–Kier alpha value is -1.12. The molecule has 0 spiro atoms. The molecule has 0 aromatic heterocycles. The lowest BCUT2D eigenvalue weighted by Gasteiger charge is -2.73. The SMILES string of the molecule is C=C(C)C1CCC2(C(=O)NCC(C)C(C)=O)CCC3(C)C(CCC4C5(C)CCC(C)C(C)(C)C5CCC43C)C12. The maximum atomic E-state index is 14.1. The van der Waals surface area contributed by atoms with Crippen LogP contribution in [-0.4, -0.2) is 18.2 Å². The van der Waals surface area contributed by atoms with E-state index in [1.54, 1.807) is 6.92 Å². The van der Waals surface area contributed by atoms with Crippen LogP contribution >= 0.6 is 0 Å². The average Bonchev–Trinajstić information content (AvgIpc) is 3.26. The molecule has 0 radical (unpaired) electrons. The minimum atomic E-state index is -0.295. The highest BCUT2D eigenvalue weighted by Crippen LogP contribution is 2.77. The highest BCUT2D eigenvalue weighted by Gasteiger charge is 2.71. The van der Waals surface area contributed by atoms with Crippen molar-refractivity contribution in [1.29, 1.82) is 0 Å². The zero-order valence-electron chi connectivity index (χ0n) is 26.8. The van der Waals surface area contributed by atoms with E-state index in [2.05, 4.69) is 60.4 Å². The third kappa shape index (κ3) is 3.93. The van der Waals surface area contributed by atoms with Gasteiger partial charge >= 0.3 is 0 Å². The van der Waals surface area contributed by atoms with Crippen LogP contribution in [0.3, 0.4) is 0 Å². The summed E-state index contributed by atoms with van der Waals surface area (Å²) < 4.78 is 0. The lowest BCUT2D eigenvalue weighted by molar-refractivity contribution is -0.240. The van der Waals surface area contributed by atoms with Gasteiger partial charge in [0.1, 0.15) is 5.78 Å². The maximum absolute atomic E-state index is 14.1. The molecule has 5 saturated carbocycles. The molecule has 3 nitrogen and oxygen atoms in total. The van der Waals surface area contributed by atoms with Crippen LogP contribution < -0.4 is 5.32 Å². The van der Waals surface area contributed by atoms with E-state index >= 15 is 0 Å². The van der Waals surface area contributed by atoms with Crippen molar-refractivity contribution in [3.05, 3.63) is 12.2 Å². The number of nitrogens with one attached hydrogen (secondary N) is 1. The molecule has 5 rings (SSSR count). The molecule has 5 aliphatic rings. The molecular weight excluding hydrogens is 478 g/mol. The van der Waals surface area contributed by atoms with E-state index in [1.165, 1.54) is 50.5 Å². The molecule has 5 fully saturated rings.